The van der Waals surface area contributed by atoms with Gasteiger partial charge in [-0.05, 0) is 49.8 Å². The van der Waals surface area contributed by atoms with Gasteiger partial charge in [0, 0.05) is 16.6 Å². The Balaban J connectivity index is 2.79. The first-order valence-corrected chi connectivity index (χ1v) is 7.54. The highest BCUT2D eigenvalue weighted by Crippen LogP contribution is 2.30. The second-order valence-corrected chi connectivity index (χ2v) is 7.71. The van der Waals surface area contributed by atoms with Crippen molar-refractivity contribution in [2.75, 3.05) is 0 Å². The predicted octanol–water partition coefficient (Wildman–Crippen LogP) is 5.60. The van der Waals surface area contributed by atoms with E-state index in [2.05, 4.69) is 59.0 Å². The van der Waals surface area contributed by atoms with Crippen molar-refractivity contribution in [3.05, 3.63) is 34.9 Å². The van der Waals surface area contributed by atoms with E-state index in [1.165, 1.54) is 5.56 Å². The summed E-state index contributed by atoms with van der Waals surface area (Å²) in [6.45, 7) is 13.7. The molecule has 0 aliphatic carbocycles. The molecule has 2 heteroatoms. The van der Waals surface area contributed by atoms with Gasteiger partial charge in [0.15, 0.2) is 0 Å². The molecule has 19 heavy (non-hydrogen) atoms. The van der Waals surface area contributed by atoms with Crippen molar-refractivity contribution in [2.24, 2.45) is 5.41 Å². The van der Waals surface area contributed by atoms with Crippen LogP contribution in [0.5, 0.6) is 0 Å². The molecule has 0 radical (unpaired) electrons. The van der Waals surface area contributed by atoms with Crippen molar-refractivity contribution in [3.8, 4) is 0 Å². The minimum atomic E-state index is 0.124. The van der Waals surface area contributed by atoms with Crippen LogP contribution in [0.1, 0.15) is 66.0 Å². The lowest BCUT2D eigenvalue weighted by molar-refractivity contribution is 0.220. The van der Waals surface area contributed by atoms with E-state index in [0.29, 0.717) is 11.5 Å². The van der Waals surface area contributed by atoms with Gasteiger partial charge in [0.05, 0.1) is 0 Å². The molecule has 1 atom stereocenters. The number of halogens is 1. The third-order valence-electron chi connectivity index (χ3n) is 3.22. The number of hydrogen-bond donors (Lipinski definition) is 1. The predicted molar refractivity (Wildman–Crippen MR) is 85.8 cm³/mol. The van der Waals surface area contributed by atoms with E-state index in [9.17, 15) is 0 Å². The zero-order valence-electron chi connectivity index (χ0n) is 13.2. The Morgan fingerprint density at radius 1 is 1.05 bits per heavy atom. The van der Waals surface area contributed by atoms with Crippen molar-refractivity contribution in [1.29, 1.82) is 0 Å². The number of rotatable bonds is 5. The van der Waals surface area contributed by atoms with Gasteiger partial charge >= 0.3 is 0 Å². The Labute approximate surface area is 123 Å². The molecule has 1 aromatic rings. The van der Waals surface area contributed by atoms with Gasteiger partial charge in [-0.15, -0.1) is 0 Å². The lowest BCUT2D eigenvalue weighted by Gasteiger charge is -2.37. The van der Waals surface area contributed by atoms with Crippen molar-refractivity contribution < 1.29 is 0 Å². The normalized spacial score (nSPS) is 14.5. The summed E-state index contributed by atoms with van der Waals surface area (Å²) in [5, 5.41) is 4.59. The lowest BCUT2D eigenvalue weighted by atomic mass is 9.81. The van der Waals surface area contributed by atoms with Crippen LogP contribution in [0.2, 0.25) is 5.02 Å². The monoisotopic (exact) mass is 281 g/mol. The van der Waals surface area contributed by atoms with Gasteiger partial charge in [-0.25, -0.2) is 0 Å². The second kappa shape index (κ2) is 6.28. The summed E-state index contributed by atoms with van der Waals surface area (Å²) in [6, 6.07) is 8.57. The zero-order valence-corrected chi connectivity index (χ0v) is 13.9. The topological polar surface area (TPSA) is 12.0 Å². The molecule has 0 bridgehead atoms. The fraction of sp³-hybridized carbons (Fsp3) is 0.647. The first-order valence-electron chi connectivity index (χ1n) is 7.16. The van der Waals surface area contributed by atoms with Gasteiger partial charge in [-0.1, -0.05) is 51.4 Å². The minimum Gasteiger partial charge on any atom is -0.305 e. The molecule has 0 saturated heterocycles. The minimum absolute atomic E-state index is 0.124. The standard InChI is InChI=1S/C17H28ClN/c1-7-15(13-8-10-14(18)11-9-13)19-17(5,6)12-16(2,3)4/h8-11,15,19H,7,12H2,1-6H3. The van der Waals surface area contributed by atoms with Gasteiger partial charge < -0.3 is 5.32 Å². The van der Waals surface area contributed by atoms with Crippen LogP contribution in [0.4, 0.5) is 0 Å². The van der Waals surface area contributed by atoms with Gasteiger partial charge in [-0.3, -0.25) is 0 Å². The summed E-state index contributed by atoms with van der Waals surface area (Å²) in [6.07, 6.45) is 2.22. The van der Waals surface area contributed by atoms with Gasteiger partial charge in [0.1, 0.15) is 0 Å². The summed E-state index contributed by atoms with van der Waals surface area (Å²) in [5.74, 6) is 0. The molecule has 0 aliphatic rings. The molecule has 0 spiro atoms. The van der Waals surface area contributed by atoms with Gasteiger partial charge in [-0.2, -0.15) is 0 Å². The van der Waals surface area contributed by atoms with Crippen molar-refractivity contribution in [3.63, 3.8) is 0 Å². The summed E-state index contributed by atoms with van der Waals surface area (Å²) in [5.41, 5.74) is 1.77. The molecule has 0 amide bonds. The maximum Gasteiger partial charge on any atom is 0.0406 e. The van der Waals surface area contributed by atoms with E-state index in [1.54, 1.807) is 0 Å². The number of hydrogen-bond acceptors (Lipinski definition) is 1. The molecule has 1 N–H and O–H groups in total. The van der Waals surface area contributed by atoms with E-state index in [4.69, 9.17) is 11.6 Å². The quantitative estimate of drug-likeness (QED) is 0.741. The average Bonchev–Trinajstić information content (AvgIpc) is 2.24. The Bertz CT molecular complexity index is 387. The molecule has 108 valence electrons. The van der Waals surface area contributed by atoms with Crippen molar-refractivity contribution >= 4 is 11.6 Å². The Hall–Kier alpha value is -0.530. The fourth-order valence-corrected chi connectivity index (χ4v) is 3.09. The molecule has 1 nitrogen and oxygen atoms in total. The van der Waals surface area contributed by atoms with Crippen molar-refractivity contribution in [1.82, 2.24) is 5.32 Å². The Kier molecular flexibility index (Phi) is 5.46. The molecule has 0 heterocycles. The largest absolute Gasteiger partial charge is 0.305 e. The number of nitrogens with one attached hydrogen (secondary N) is 1. The fourth-order valence-electron chi connectivity index (χ4n) is 2.96. The molecular formula is C17H28ClN. The highest BCUT2D eigenvalue weighted by atomic mass is 35.5. The van der Waals surface area contributed by atoms with E-state index >= 15 is 0 Å². The van der Waals surface area contributed by atoms with Crippen LogP contribution in [0.15, 0.2) is 24.3 Å². The maximum atomic E-state index is 5.96. The SMILES string of the molecule is CCC(NC(C)(C)CC(C)(C)C)c1ccc(Cl)cc1. The molecule has 0 aliphatic heterocycles. The van der Waals surface area contributed by atoms with Crippen LogP contribution in [0.3, 0.4) is 0 Å². The molecule has 0 saturated carbocycles. The Morgan fingerprint density at radius 3 is 2.00 bits per heavy atom. The second-order valence-electron chi connectivity index (χ2n) is 7.28. The van der Waals surface area contributed by atoms with E-state index in [-0.39, 0.29) is 5.54 Å². The summed E-state index contributed by atoms with van der Waals surface area (Å²) in [7, 11) is 0. The first-order chi connectivity index (χ1) is 8.63. The van der Waals surface area contributed by atoms with E-state index < -0.39 is 0 Å². The van der Waals surface area contributed by atoms with Crippen LogP contribution >= 0.6 is 11.6 Å². The maximum absolute atomic E-state index is 5.96. The highest BCUT2D eigenvalue weighted by molar-refractivity contribution is 6.30. The Morgan fingerprint density at radius 2 is 1.58 bits per heavy atom. The van der Waals surface area contributed by atoms with Crippen LogP contribution < -0.4 is 5.32 Å². The third-order valence-corrected chi connectivity index (χ3v) is 3.47. The summed E-state index contributed by atoms with van der Waals surface area (Å²) in [4.78, 5) is 0. The molecule has 0 aromatic heterocycles. The summed E-state index contributed by atoms with van der Waals surface area (Å²) < 4.78 is 0. The van der Waals surface area contributed by atoms with Crippen LogP contribution in [0.25, 0.3) is 0 Å². The lowest BCUT2D eigenvalue weighted by Crippen LogP contribution is -2.44. The van der Waals surface area contributed by atoms with Gasteiger partial charge in [0.25, 0.3) is 0 Å². The molecule has 1 aromatic carbocycles. The van der Waals surface area contributed by atoms with E-state index in [1.807, 2.05) is 12.1 Å². The van der Waals surface area contributed by atoms with Gasteiger partial charge in [0.2, 0.25) is 0 Å². The first kappa shape index (κ1) is 16.5. The average molecular weight is 282 g/mol. The van der Waals surface area contributed by atoms with Crippen molar-refractivity contribution in [2.45, 2.75) is 66.0 Å². The highest BCUT2D eigenvalue weighted by Gasteiger charge is 2.27. The van der Waals surface area contributed by atoms with Crippen LogP contribution in [-0.2, 0) is 0 Å². The third kappa shape index (κ3) is 5.97. The molecule has 0 fully saturated rings. The zero-order chi connectivity index (χ0) is 14.7. The smallest absolute Gasteiger partial charge is 0.0406 e. The summed E-state index contributed by atoms with van der Waals surface area (Å²) >= 11 is 5.96. The van der Waals surface area contributed by atoms with Crippen LogP contribution in [-0.4, -0.2) is 5.54 Å². The molecule has 1 unspecified atom stereocenters. The molecule has 1 rings (SSSR count). The number of benzene rings is 1. The molecular weight excluding hydrogens is 254 g/mol. The van der Waals surface area contributed by atoms with E-state index in [0.717, 1.165) is 17.9 Å². The van der Waals surface area contributed by atoms with Crippen LogP contribution in [0, 0.1) is 5.41 Å².